The maximum absolute atomic E-state index is 11.7. The Kier molecular flexibility index (Phi) is 3.21. The summed E-state index contributed by atoms with van der Waals surface area (Å²) in [6, 6.07) is 2.92. The van der Waals surface area contributed by atoms with Crippen molar-refractivity contribution >= 4 is 22.8 Å². The van der Waals surface area contributed by atoms with E-state index in [9.17, 15) is 14.7 Å². The van der Waals surface area contributed by atoms with E-state index in [2.05, 4.69) is 10.3 Å². The third-order valence-corrected chi connectivity index (χ3v) is 2.62. The lowest BCUT2D eigenvalue weighted by molar-refractivity contribution is 0.0636. The summed E-state index contributed by atoms with van der Waals surface area (Å²) in [4.78, 5) is 25.7. The van der Waals surface area contributed by atoms with E-state index in [1.54, 1.807) is 33.9 Å². The summed E-state index contributed by atoms with van der Waals surface area (Å²) >= 11 is 0. The fourth-order valence-electron chi connectivity index (χ4n) is 1.86. The Bertz CT molecular complexity index is 722. The zero-order valence-corrected chi connectivity index (χ0v) is 11.8. The summed E-state index contributed by atoms with van der Waals surface area (Å²) in [7, 11) is 1.54. The fraction of sp³-hybridized carbons (Fsp3) is 0.385. The number of benzene rings is 1. The van der Waals surface area contributed by atoms with Crippen molar-refractivity contribution in [3.8, 4) is 5.75 Å². The van der Waals surface area contributed by atoms with Crippen LogP contribution in [0.15, 0.2) is 16.9 Å². The lowest BCUT2D eigenvalue weighted by atomic mass is 10.2. The van der Waals surface area contributed by atoms with Crippen LogP contribution in [0.3, 0.4) is 0 Å². The molecule has 0 saturated carbocycles. The number of phenols is 1. The van der Waals surface area contributed by atoms with Crippen molar-refractivity contribution in [3.05, 3.63) is 22.6 Å². The van der Waals surface area contributed by atoms with Gasteiger partial charge in [0.2, 0.25) is 0 Å². The Morgan fingerprint density at radius 2 is 2.05 bits per heavy atom. The van der Waals surface area contributed by atoms with Crippen LogP contribution in [0.4, 0.5) is 10.5 Å². The molecule has 0 spiro atoms. The van der Waals surface area contributed by atoms with Gasteiger partial charge in [-0.3, -0.25) is 9.88 Å². The molecule has 1 aromatic carbocycles. The van der Waals surface area contributed by atoms with Gasteiger partial charge in [-0.1, -0.05) is 0 Å². The number of imidazole rings is 1. The van der Waals surface area contributed by atoms with E-state index in [0.717, 1.165) is 0 Å². The third kappa shape index (κ3) is 2.76. The molecule has 0 radical (unpaired) electrons. The molecular formula is C13H17N3O4. The lowest BCUT2D eigenvalue weighted by Gasteiger charge is -2.19. The van der Waals surface area contributed by atoms with Crippen molar-refractivity contribution < 1.29 is 14.6 Å². The minimum Gasteiger partial charge on any atom is -0.506 e. The summed E-state index contributed by atoms with van der Waals surface area (Å²) in [6.45, 7) is 5.26. The number of fused-ring (bicyclic) bond motifs is 1. The van der Waals surface area contributed by atoms with Crippen molar-refractivity contribution in [3.63, 3.8) is 0 Å². The molecule has 0 unspecified atom stereocenters. The number of aromatic amines is 1. The van der Waals surface area contributed by atoms with Gasteiger partial charge < -0.3 is 14.8 Å². The van der Waals surface area contributed by atoms with Gasteiger partial charge in [-0.15, -0.1) is 0 Å². The van der Waals surface area contributed by atoms with Gasteiger partial charge >= 0.3 is 11.8 Å². The molecule has 7 nitrogen and oxygen atoms in total. The number of carbonyl (C=O) groups is 1. The predicted octanol–water partition coefficient (Wildman–Crippen LogP) is 1.92. The molecule has 2 rings (SSSR count). The first-order chi connectivity index (χ1) is 9.17. The van der Waals surface area contributed by atoms with Crippen LogP contribution in [-0.4, -0.2) is 26.4 Å². The van der Waals surface area contributed by atoms with E-state index < -0.39 is 11.7 Å². The van der Waals surface area contributed by atoms with Gasteiger partial charge in [0.15, 0.2) is 0 Å². The van der Waals surface area contributed by atoms with Crippen LogP contribution in [0.25, 0.3) is 11.0 Å². The lowest BCUT2D eigenvalue weighted by Crippen LogP contribution is -2.27. The molecule has 1 aromatic heterocycles. The molecule has 3 N–H and O–H groups in total. The van der Waals surface area contributed by atoms with Crippen LogP contribution in [-0.2, 0) is 11.8 Å². The molecule has 0 bridgehead atoms. The van der Waals surface area contributed by atoms with Gasteiger partial charge in [0.25, 0.3) is 0 Å². The quantitative estimate of drug-likeness (QED) is 0.743. The van der Waals surface area contributed by atoms with Crippen LogP contribution in [0.5, 0.6) is 5.75 Å². The molecule has 2 aromatic rings. The van der Waals surface area contributed by atoms with Gasteiger partial charge in [0.1, 0.15) is 16.9 Å². The highest BCUT2D eigenvalue weighted by atomic mass is 16.6. The second kappa shape index (κ2) is 4.59. The van der Waals surface area contributed by atoms with Crippen molar-refractivity contribution in [1.29, 1.82) is 0 Å². The predicted molar refractivity (Wildman–Crippen MR) is 75.1 cm³/mol. The van der Waals surface area contributed by atoms with E-state index in [-0.39, 0.29) is 11.4 Å². The molecule has 1 amide bonds. The zero-order chi connectivity index (χ0) is 15.1. The molecule has 0 aliphatic rings. The van der Waals surface area contributed by atoms with Gasteiger partial charge in [-0.05, 0) is 26.8 Å². The van der Waals surface area contributed by atoms with Gasteiger partial charge in [0, 0.05) is 18.8 Å². The van der Waals surface area contributed by atoms with E-state index in [0.29, 0.717) is 16.7 Å². The number of phenolic OH excluding ortho intramolecular Hbond substituents is 1. The molecule has 0 saturated heterocycles. The number of amides is 1. The second-order valence-corrected chi connectivity index (χ2v) is 5.51. The highest BCUT2D eigenvalue weighted by molar-refractivity contribution is 5.91. The molecule has 7 heteroatoms. The van der Waals surface area contributed by atoms with E-state index >= 15 is 0 Å². The number of H-pyrrole nitrogens is 1. The number of aryl methyl sites for hydroxylation is 1. The zero-order valence-electron chi connectivity index (χ0n) is 11.8. The Morgan fingerprint density at radius 3 is 2.65 bits per heavy atom. The number of anilines is 1. The normalized spacial score (nSPS) is 11.6. The second-order valence-electron chi connectivity index (χ2n) is 5.51. The number of aromatic hydroxyl groups is 1. The summed E-state index contributed by atoms with van der Waals surface area (Å²) in [6.07, 6.45) is -0.630. The average Bonchev–Trinajstić information content (AvgIpc) is 2.51. The monoisotopic (exact) mass is 279 g/mol. The average molecular weight is 279 g/mol. The van der Waals surface area contributed by atoms with Crippen LogP contribution < -0.4 is 11.0 Å². The maximum Gasteiger partial charge on any atom is 0.412 e. The molecule has 108 valence electrons. The van der Waals surface area contributed by atoms with Crippen LogP contribution >= 0.6 is 0 Å². The first kappa shape index (κ1) is 14.0. The Labute approximate surface area is 115 Å². The van der Waals surface area contributed by atoms with Crippen LogP contribution in [0, 0.1) is 0 Å². The number of nitrogens with one attached hydrogen (secondary N) is 2. The largest absolute Gasteiger partial charge is 0.506 e. The summed E-state index contributed by atoms with van der Waals surface area (Å²) in [5.74, 6) is -0.102. The summed E-state index contributed by atoms with van der Waals surface area (Å²) < 4.78 is 6.41. The summed E-state index contributed by atoms with van der Waals surface area (Å²) in [5.41, 5.74) is 0.196. The third-order valence-electron chi connectivity index (χ3n) is 2.62. The Hall–Kier alpha value is -2.44. The maximum atomic E-state index is 11.7. The molecule has 0 fully saturated rings. The molecular weight excluding hydrogens is 262 g/mol. The number of nitrogens with zero attached hydrogens (tertiary/aromatic N) is 1. The number of hydrogen-bond donors (Lipinski definition) is 3. The number of ether oxygens (including phenoxy) is 1. The SMILES string of the molecule is Cn1c(=O)[nH]c2cc(NC(=O)OC(C)(C)C)cc(O)c21. The number of rotatable bonds is 1. The molecule has 0 aliphatic carbocycles. The first-order valence-corrected chi connectivity index (χ1v) is 6.09. The minimum atomic E-state index is -0.630. The topological polar surface area (TPSA) is 96.4 Å². The van der Waals surface area contributed by atoms with Gasteiger partial charge in [-0.2, -0.15) is 0 Å². The standard InChI is InChI=1S/C13H17N3O4/c1-13(2,3)20-12(19)14-7-5-8-10(9(17)6-7)16(4)11(18)15-8/h5-6,17H,1-4H3,(H,14,19)(H,15,18). The molecule has 0 atom stereocenters. The highest BCUT2D eigenvalue weighted by Crippen LogP contribution is 2.27. The highest BCUT2D eigenvalue weighted by Gasteiger charge is 2.17. The van der Waals surface area contributed by atoms with E-state index in [1.165, 1.54) is 10.6 Å². The Balaban J connectivity index is 2.33. The van der Waals surface area contributed by atoms with Crippen LogP contribution in [0.1, 0.15) is 20.8 Å². The number of hydrogen-bond acceptors (Lipinski definition) is 4. The fourth-order valence-corrected chi connectivity index (χ4v) is 1.86. The van der Waals surface area contributed by atoms with E-state index in [1.807, 2.05) is 0 Å². The number of aromatic nitrogens is 2. The minimum absolute atomic E-state index is 0.102. The van der Waals surface area contributed by atoms with Crippen LogP contribution in [0.2, 0.25) is 0 Å². The first-order valence-electron chi connectivity index (χ1n) is 6.09. The molecule has 1 heterocycles. The van der Waals surface area contributed by atoms with Crippen molar-refractivity contribution in [1.82, 2.24) is 9.55 Å². The Morgan fingerprint density at radius 1 is 1.40 bits per heavy atom. The van der Waals surface area contributed by atoms with Gasteiger partial charge in [0.05, 0.1) is 5.52 Å². The summed E-state index contributed by atoms with van der Waals surface area (Å²) in [5, 5.41) is 12.4. The van der Waals surface area contributed by atoms with Gasteiger partial charge in [-0.25, -0.2) is 9.59 Å². The molecule has 20 heavy (non-hydrogen) atoms. The van der Waals surface area contributed by atoms with Crippen molar-refractivity contribution in [2.24, 2.45) is 7.05 Å². The smallest absolute Gasteiger partial charge is 0.412 e. The molecule has 0 aliphatic heterocycles. The van der Waals surface area contributed by atoms with Crippen molar-refractivity contribution in [2.45, 2.75) is 26.4 Å². The van der Waals surface area contributed by atoms with E-state index in [4.69, 9.17) is 4.74 Å². The van der Waals surface area contributed by atoms with Crippen molar-refractivity contribution in [2.75, 3.05) is 5.32 Å². The number of carbonyl (C=O) groups excluding carboxylic acids is 1.